The van der Waals surface area contributed by atoms with Crippen molar-refractivity contribution >= 4 is 11.9 Å². The van der Waals surface area contributed by atoms with Crippen molar-refractivity contribution in [2.24, 2.45) is 4.99 Å². The van der Waals surface area contributed by atoms with E-state index >= 15 is 0 Å². The van der Waals surface area contributed by atoms with Crippen LogP contribution in [0.1, 0.15) is 56.0 Å². The molecule has 0 spiro atoms. The van der Waals surface area contributed by atoms with Crippen LogP contribution in [0.25, 0.3) is 0 Å². The van der Waals surface area contributed by atoms with E-state index in [0.717, 1.165) is 37.7 Å². The monoisotopic (exact) mass is 404 g/mol. The van der Waals surface area contributed by atoms with E-state index in [9.17, 15) is 4.79 Å². The maximum atomic E-state index is 12.0. The van der Waals surface area contributed by atoms with E-state index in [-0.39, 0.29) is 5.54 Å². The third-order valence-electron chi connectivity index (χ3n) is 5.33. The molecule has 1 fully saturated rings. The van der Waals surface area contributed by atoms with Gasteiger partial charge in [-0.2, -0.15) is 0 Å². The number of hydrogen-bond acceptors (Lipinski definition) is 5. The van der Waals surface area contributed by atoms with Gasteiger partial charge >= 0.3 is 5.97 Å². The number of nitrogens with zero attached hydrogens (tertiary/aromatic N) is 2. The lowest BCUT2D eigenvalue weighted by atomic mass is 9.98. The molecular formula is C22H36N4O3. The average Bonchev–Trinajstić information content (AvgIpc) is 2.75. The van der Waals surface area contributed by atoms with Gasteiger partial charge in [-0.05, 0) is 64.4 Å². The second kappa shape index (κ2) is 11.0. The van der Waals surface area contributed by atoms with E-state index in [2.05, 4.69) is 36.3 Å². The molecule has 0 saturated carbocycles. The lowest BCUT2D eigenvalue weighted by Crippen LogP contribution is -2.54. The number of aliphatic imine (C=N–C) groups is 1. The van der Waals surface area contributed by atoms with Gasteiger partial charge in [0.2, 0.25) is 0 Å². The van der Waals surface area contributed by atoms with E-state index in [1.165, 1.54) is 33.5 Å². The summed E-state index contributed by atoms with van der Waals surface area (Å²) >= 11 is 0. The summed E-state index contributed by atoms with van der Waals surface area (Å²) in [6.45, 7) is 11.0. The molecule has 1 aliphatic heterocycles. The number of benzene rings is 1. The minimum atomic E-state index is -0.416. The van der Waals surface area contributed by atoms with E-state index in [4.69, 9.17) is 14.5 Å². The van der Waals surface area contributed by atoms with Crippen LogP contribution in [-0.2, 0) is 11.3 Å². The summed E-state index contributed by atoms with van der Waals surface area (Å²) in [6.07, 6.45) is 3.88. The summed E-state index contributed by atoms with van der Waals surface area (Å²) in [5, 5.41) is 6.78. The molecule has 7 heteroatoms. The molecular weight excluding hydrogens is 368 g/mol. The van der Waals surface area contributed by atoms with Gasteiger partial charge in [-0.3, -0.25) is 4.90 Å². The zero-order valence-corrected chi connectivity index (χ0v) is 18.5. The number of hydrogen-bond donors (Lipinski definition) is 2. The topological polar surface area (TPSA) is 75.2 Å². The van der Waals surface area contributed by atoms with Crippen LogP contribution in [0.2, 0.25) is 0 Å². The zero-order valence-electron chi connectivity index (χ0n) is 18.5. The molecule has 29 heavy (non-hydrogen) atoms. The molecule has 2 N–H and O–H groups in total. The van der Waals surface area contributed by atoms with Gasteiger partial charge in [0.15, 0.2) is 5.96 Å². The lowest BCUT2D eigenvalue weighted by molar-refractivity contribution is 0.0597. The fraction of sp³-hybridized carbons (Fsp3) is 0.636. The third-order valence-corrected chi connectivity index (χ3v) is 5.33. The molecule has 0 aromatic heterocycles. The van der Waals surface area contributed by atoms with Crippen LogP contribution < -0.4 is 15.4 Å². The van der Waals surface area contributed by atoms with E-state index in [1.807, 2.05) is 6.07 Å². The van der Waals surface area contributed by atoms with Crippen LogP contribution in [0.15, 0.2) is 23.2 Å². The number of ether oxygens (including phenoxy) is 2. The molecule has 1 aromatic rings. The zero-order chi connectivity index (χ0) is 21.3. The number of carbonyl (C=O) groups excluding carboxylic acids is 1. The molecule has 162 valence electrons. The molecule has 0 radical (unpaired) electrons. The first-order valence-electron chi connectivity index (χ1n) is 10.4. The predicted octanol–water partition coefficient (Wildman–Crippen LogP) is 2.80. The Labute approximate surface area is 174 Å². The van der Waals surface area contributed by atoms with E-state index in [0.29, 0.717) is 17.9 Å². The van der Waals surface area contributed by atoms with Gasteiger partial charge in [0.25, 0.3) is 0 Å². The summed E-state index contributed by atoms with van der Waals surface area (Å²) in [7, 11) is 2.90. The molecule has 0 bridgehead atoms. The molecule has 2 rings (SSSR count). The van der Waals surface area contributed by atoms with Crippen LogP contribution >= 0.6 is 0 Å². The SMILES string of the molecule is CCNC(=NCc1ccc(OC)c(C(=O)OC)c1)NCC(C)(C)N1CCCCC1. The fourth-order valence-electron chi connectivity index (χ4n) is 3.55. The molecule has 1 saturated heterocycles. The molecule has 1 aliphatic rings. The summed E-state index contributed by atoms with van der Waals surface area (Å²) in [4.78, 5) is 19.2. The first-order chi connectivity index (χ1) is 13.9. The van der Waals surface area contributed by atoms with Crippen molar-refractivity contribution < 1.29 is 14.3 Å². The number of piperidine rings is 1. The molecule has 1 aromatic carbocycles. The maximum absolute atomic E-state index is 12.0. The van der Waals surface area contributed by atoms with Crippen molar-refractivity contribution in [1.29, 1.82) is 0 Å². The average molecular weight is 405 g/mol. The minimum absolute atomic E-state index is 0.0643. The standard InChI is InChI=1S/C22H36N4O3/c1-6-23-21(25-16-22(2,3)26-12-8-7-9-13-26)24-15-17-10-11-19(28-4)18(14-17)20(27)29-5/h10-11,14H,6-9,12-13,15-16H2,1-5H3,(H2,23,24,25). The highest BCUT2D eigenvalue weighted by Gasteiger charge is 2.27. The number of likely N-dealkylation sites (tertiary alicyclic amines) is 1. The second-order valence-electron chi connectivity index (χ2n) is 7.94. The second-order valence-corrected chi connectivity index (χ2v) is 7.94. The Morgan fingerprint density at radius 1 is 1.17 bits per heavy atom. The molecule has 0 aliphatic carbocycles. The van der Waals surface area contributed by atoms with Gasteiger partial charge in [-0.15, -0.1) is 0 Å². The highest BCUT2D eigenvalue weighted by Crippen LogP contribution is 2.22. The number of guanidine groups is 1. The highest BCUT2D eigenvalue weighted by atomic mass is 16.5. The number of methoxy groups -OCH3 is 2. The fourth-order valence-corrected chi connectivity index (χ4v) is 3.55. The van der Waals surface area contributed by atoms with Gasteiger partial charge in [0.05, 0.1) is 20.8 Å². The van der Waals surface area contributed by atoms with Crippen molar-refractivity contribution in [2.45, 2.75) is 52.1 Å². The summed E-state index contributed by atoms with van der Waals surface area (Å²) in [6, 6.07) is 5.46. The Kier molecular flexibility index (Phi) is 8.76. The number of nitrogens with one attached hydrogen (secondary N) is 2. The number of esters is 1. The van der Waals surface area contributed by atoms with Crippen LogP contribution in [0, 0.1) is 0 Å². The Morgan fingerprint density at radius 3 is 2.52 bits per heavy atom. The normalized spacial score (nSPS) is 15.7. The Bertz CT molecular complexity index is 697. The van der Waals surface area contributed by atoms with Crippen molar-refractivity contribution in [3.8, 4) is 5.75 Å². The van der Waals surface area contributed by atoms with E-state index in [1.54, 1.807) is 12.1 Å². The largest absolute Gasteiger partial charge is 0.496 e. The van der Waals surface area contributed by atoms with Crippen LogP contribution in [0.4, 0.5) is 0 Å². The van der Waals surface area contributed by atoms with Crippen LogP contribution in [-0.4, -0.2) is 62.8 Å². The minimum Gasteiger partial charge on any atom is -0.496 e. The van der Waals surface area contributed by atoms with Gasteiger partial charge in [0.1, 0.15) is 11.3 Å². The van der Waals surface area contributed by atoms with Gasteiger partial charge in [-0.1, -0.05) is 12.5 Å². The summed E-state index contributed by atoms with van der Waals surface area (Å²) in [5.74, 6) is 0.854. The summed E-state index contributed by atoms with van der Waals surface area (Å²) in [5.41, 5.74) is 1.39. The van der Waals surface area contributed by atoms with Crippen molar-refractivity contribution in [2.75, 3.05) is 40.4 Å². The molecule has 1 heterocycles. The molecule has 7 nitrogen and oxygen atoms in total. The lowest BCUT2D eigenvalue weighted by Gasteiger charge is -2.41. The van der Waals surface area contributed by atoms with Gasteiger partial charge in [0, 0.05) is 18.6 Å². The molecule has 0 unspecified atom stereocenters. The number of rotatable bonds is 8. The first-order valence-corrected chi connectivity index (χ1v) is 10.4. The molecule has 0 atom stereocenters. The Hall–Kier alpha value is -2.28. The van der Waals surface area contributed by atoms with Crippen molar-refractivity contribution in [3.63, 3.8) is 0 Å². The Balaban J connectivity index is 2.05. The summed E-state index contributed by atoms with van der Waals surface area (Å²) < 4.78 is 10.1. The van der Waals surface area contributed by atoms with Crippen molar-refractivity contribution in [3.05, 3.63) is 29.3 Å². The first kappa shape index (κ1) is 23.0. The Morgan fingerprint density at radius 2 is 1.90 bits per heavy atom. The predicted molar refractivity (Wildman–Crippen MR) is 117 cm³/mol. The highest BCUT2D eigenvalue weighted by molar-refractivity contribution is 5.92. The van der Waals surface area contributed by atoms with Crippen molar-refractivity contribution in [1.82, 2.24) is 15.5 Å². The third kappa shape index (κ3) is 6.63. The van der Waals surface area contributed by atoms with E-state index < -0.39 is 5.97 Å². The maximum Gasteiger partial charge on any atom is 0.341 e. The van der Waals surface area contributed by atoms with Crippen LogP contribution in [0.3, 0.4) is 0 Å². The molecule has 0 amide bonds. The smallest absolute Gasteiger partial charge is 0.341 e. The quantitative estimate of drug-likeness (QED) is 0.394. The number of carbonyl (C=O) groups is 1. The van der Waals surface area contributed by atoms with Gasteiger partial charge < -0.3 is 20.1 Å². The van der Waals surface area contributed by atoms with Gasteiger partial charge in [-0.25, -0.2) is 9.79 Å². The van der Waals surface area contributed by atoms with Crippen LogP contribution in [0.5, 0.6) is 5.75 Å².